The number of carboxylic acids is 1. The normalized spacial score (nSPS) is 11.8. The summed E-state index contributed by atoms with van der Waals surface area (Å²) < 4.78 is 12.1. The third-order valence-corrected chi connectivity index (χ3v) is 2.94. The Kier molecular flexibility index (Phi) is 6.58. The highest BCUT2D eigenvalue weighted by Crippen LogP contribution is 2.20. The van der Waals surface area contributed by atoms with Gasteiger partial charge in [-0.05, 0) is 13.8 Å². The van der Waals surface area contributed by atoms with Gasteiger partial charge in [0.05, 0.1) is 18.9 Å². The molecule has 0 radical (unpaired) electrons. The van der Waals surface area contributed by atoms with Crippen molar-refractivity contribution in [2.24, 2.45) is 7.05 Å². The van der Waals surface area contributed by atoms with Gasteiger partial charge in [0.2, 0.25) is 0 Å². The van der Waals surface area contributed by atoms with Crippen LogP contribution in [0.5, 0.6) is 5.75 Å². The monoisotopic (exact) mass is 311 g/mol. The molecule has 0 bridgehead atoms. The average molecular weight is 311 g/mol. The van der Waals surface area contributed by atoms with Crippen LogP contribution < -0.4 is 10.1 Å². The highest BCUT2D eigenvalue weighted by Gasteiger charge is 2.21. The Morgan fingerprint density at radius 2 is 2.18 bits per heavy atom. The smallest absolute Gasteiger partial charge is 0.328 e. The summed E-state index contributed by atoms with van der Waals surface area (Å²) in [6.45, 7) is 6.82. The van der Waals surface area contributed by atoms with Gasteiger partial charge in [-0.3, -0.25) is 9.48 Å². The van der Waals surface area contributed by atoms with Crippen molar-refractivity contribution in [1.82, 2.24) is 15.1 Å². The number of carboxylic acid groups (broad SMARTS) is 1. The van der Waals surface area contributed by atoms with Crippen molar-refractivity contribution in [2.75, 3.05) is 19.8 Å². The maximum atomic E-state index is 11.8. The van der Waals surface area contributed by atoms with Gasteiger partial charge in [-0.1, -0.05) is 6.08 Å². The van der Waals surface area contributed by atoms with Crippen molar-refractivity contribution in [2.45, 2.75) is 19.9 Å². The molecule has 1 aromatic heterocycles. The molecule has 1 aromatic rings. The largest absolute Gasteiger partial charge is 0.480 e. The van der Waals surface area contributed by atoms with E-state index < -0.39 is 17.9 Å². The minimum absolute atomic E-state index is 0.141. The molecule has 122 valence electrons. The van der Waals surface area contributed by atoms with Gasteiger partial charge in [-0.25, -0.2) is 4.79 Å². The van der Waals surface area contributed by atoms with E-state index in [0.29, 0.717) is 11.4 Å². The fraction of sp³-hybridized carbons (Fsp3) is 0.500. The number of nitrogens with zero attached hydrogens (tertiary/aromatic N) is 2. The van der Waals surface area contributed by atoms with E-state index in [-0.39, 0.29) is 19.8 Å². The van der Waals surface area contributed by atoms with Crippen molar-refractivity contribution in [3.05, 3.63) is 24.0 Å². The van der Waals surface area contributed by atoms with Gasteiger partial charge in [0.25, 0.3) is 5.91 Å². The van der Waals surface area contributed by atoms with Crippen molar-refractivity contribution >= 4 is 11.9 Å². The van der Waals surface area contributed by atoms with E-state index in [0.717, 1.165) is 5.69 Å². The summed E-state index contributed by atoms with van der Waals surface area (Å²) in [5.41, 5.74) is 1.45. The van der Waals surface area contributed by atoms with Gasteiger partial charge in [0.1, 0.15) is 5.69 Å². The lowest BCUT2D eigenvalue weighted by Gasteiger charge is -2.14. The van der Waals surface area contributed by atoms with E-state index in [4.69, 9.17) is 14.6 Å². The fourth-order valence-corrected chi connectivity index (χ4v) is 1.78. The molecular weight excluding hydrogens is 290 g/mol. The molecule has 1 unspecified atom stereocenters. The number of amides is 1. The number of aromatic nitrogens is 2. The number of carbonyl (C=O) groups is 2. The first-order valence-corrected chi connectivity index (χ1v) is 6.70. The van der Waals surface area contributed by atoms with Crippen LogP contribution in [0.1, 0.15) is 11.4 Å². The van der Waals surface area contributed by atoms with Crippen LogP contribution in [-0.4, -0.2) is 52.6 Å². The number of rotatable bonds is 9. The highest BCUT2D eigenvalue weighted by atomic mass is 16.5. The number of nitrogens with one attached hydrogen (secondary N) is 1. The van der Waals surface area contributed by atoms with Gasteiger partial charge >= 0.3 is 5.97 Å². The molecule has 1 heterocycles. The Bertz CT molecular complexity index is 553. The van der Waals surface area contributed by atoms with Crippen LogP contribution in [0, 0.1) is 13.8 Å². The predicted octanol–water partition coefficient (Wildman–Crippen LogP) is 0.188. The first kappa shape index (κ1) is 17.7. The zero-order valence-corrected chi connectivity index (χ0v) is 13.0. The Balaban J connectivity index is 2.53. The molecule has 0 aliphatic carbocycles. The number of ether oxygens (including phenoxy) is 2. The third-order valence-electron chi connectivity index (χ3n) is 2.94. The van der Waals surface area contributed by atoms with Gasteiger partial charge in [-0.2, -0.15) is 5.10 Å². The maximum Gasteiger partial charge on any atom is 0.328 e. The minimum Gasteiger partial charge on any atom is -0.480 e. The molecule has 22 heavy (non-hydrogen) atoms. The number of carbonyl (C=O) groups excluding carboxylic acids is 1. The van der Waals surface area contributed by atoms with E-state index in [1.807, 2.05) is 6.92 Å². The first-order chi connectivity index (χ1) is 10.4. The molecule has 2 N–H and O–H groups in total. The van der Waals surface area contributed by atoms with Crippen LogP contribution in [0.15, 0.2) is 12.7 Å². The van der Waals surface area contributed by atoms with Crippen LogP contribution in [0.3, 0.4) is 0 Å². The van der Waals surface area contributed by atoms with E-state index in [2.05, 4.69) is 17.0 Å². The number of hydrogen-bond donors (Lipinski definition) is 2. The zero-order chi connectivity index (χ0) is 16.7. The zero-order valence-electron chi connectivity index (χ0n) is 13.0. The molecule has 0 saturated carbocycles. The van der Waals surface area contributed by atoms with Gasteiger partial charge in [0, 0.05) is 7.05 Å². The van der Waals surface area contributed by atoms with Crippen LogP contribution in [-0.2, 0) is 21.4 Å². The highest BCUT2D eigenvalue weighted by molar-refractivity contribution is 5.84. The van der Waals surface area contributed by atoms with E-state index >= 15 is 0 Å². The summed E-state index contributed by atoms with van der Waals surface area (Å²) in [4.78, 5) is 22.8. The topological polar surface area (TPSA) is 103 Å². The third kappa shape index (κ3) is 4.88. The molecule has 1 rings (SSSR count). The molecule has 0 aliphatic rings. The standard InChI is InChI=1S/C14H21N3O5/c1-5-6-21-7-11(14(19)20)15-12(18)8-22-13-9(2)16-17(4)10(13)3/h5,11H,1,6-8H2,2-4H3,(H,15,18)(H,19,20). The molecule has 0 aliphatic heterocycles. The minimum atomic E-state index is -1.17. The first-order valence-electron chi connectivity index (χ1n) is 6.70. The summed E-state index contributed by atoms with van der Waals surface area (Å²) in [5, 5.41) is 15.5. The van der Waals surface area contributed by atoms with Gasteiger partial charge < -0.3 is 19.9 Å². The number of aryl methyl sites for hydroxylation is 2. The summed E-state index contributed by atoms with van der Waals surface area (Å²) >= 11 is 0. The predicted molar refractivity (Wildman–Crippen MR) is 78.8 cm³/mol. The molecule has 1 atom stereocenters. The Labute approximate surface area is 128 Å². The second-order valence-electron chi connectivity index (χ2n) is 4.70. The molecule has 1 amide bonds. The molecule has 0 saturated heterocycles. The molecular formula is C14H21N3O5. The Morgan fingerprint density at radius 1 is 1.50 bits per heavy atom. The molecule has 8 heteroatoms. The van der Waals surface area contributed by atoms with E-state index in [9.17, 15) is 9.59 Å². The second-order valence-corrected chi connectivity index (χ2v) is 4.70. The van der Waals surface area contributed by atoms with Crippen LogP contribution in [0.25, 0.3) is 0 Å². The Hall–Kier alpha value is -2.35. The van der Waals surface area contributed by atoms with Gasteiger partial charge in [-0.15, -0.1) is 6.58 Å². The van der Waals surface area contributed by atoms with Crippen molar-refractivity contribution in [3.63, 3.8) is 0 Å². The molecule has 0 fully saturated rings. The molecule has 0 aromatic carbocycles. The fourth-order valence-electron chi connectivity index (χ4n) is 1.78. The molecule has 0 spiro atoms. The van der Waals surface area contributed by atoms with Crippen molar-refractivity contribution in [3.8, 4) is 5.75 Å². The lowest BCUT2D eigenvalue weighted by Crippen LogP contribution is -2.45. The number of hydrogen-bond acceptors (Lipinski definition) is 5. The summed E-state index contributed by atoms with van der Waals surface area (Å²) in [7, 11) is 1.77. The summed E-state index contributed by atoms with van der Waals surface area (Å²) in [6, 6.07) is -1.13. The second kappa shape index (κ2) is 8.18. The number of aliphatic carboxylic acids is 1. The Morgan fingerprint density at radius 3 is 2.68 bits per heavy atom. The molecule has 8 nitrogen and oxygen atoms in total. The van der Waals surface area contributed by atoms with E-state index in [1.54, 1.807) is 18.7 Å². The maximum absolute atomic E-state index is 11.8. The summed E-state index contributed by atoms with van der Waals surface area (Å²) in [6.07, 6.45) is 1.50. The summed E-state index contributed by atoms with van der Waals surface area (Å²) in [5.74, 6) is -1.20. The van der Waals surface area contributed by atoms with Crippen LogP contribution >= 0.6 is 0 Å². The van der Waals surface area contributed by atoms with E-state index in [1.165, 1.54) is 6.08 Å². The average Bonchev–Trinajstić information content (AvgIpc) is 2.69. The van der Waals surface area contributed by atoms with Crippen molar-refractivity contribution < 1.29 is 24.2 Å². The van der Waals surface area contributed by atoms with Crippen molar-refractivity contribution in [1.29, 1.82) is 0 Å². The SMILES string of the molecule is C=CCOCC(NC(=O)COc1c(C)nn(C)c1C)C(=O)O. The lowest BCUT2D eigenvalue weighted by molar-refractivity contribution is -0.143. The van der Waals surface area contributed by atoms with Crippen LogP contribution in [0.4, 0.5) is 0 Å². The lowest BCUT2D eigenvalue weighted by atomic mass is 10.3. The van der Waals surface area contributed by atoms with Crippen LogP contribution in [0.2, 0.25) is 0 Å². The van der Waals surface area contributed by atoms with Gasteiger partial charge in [0.15, 0.2) is 18.4 Å². The quantitative estimate of drug-likeness (QED) is 0.498.